The van der Waals surface area contributed by atoms with Crippen molar-refractivity contribution in [3.63, 3.8) is 0 Å². The molecule has 2 N–H and O–H groups in total. The molecule has 5 aromatic rings. The lowest BCUT2D eigenvalue weighted by Crippen LogP contribution is -2.29. The summed E-state index contributed by atoms with van der Waals surface area (Å²) in [5, 5.41) is 10.4. The third-order valence-corrected chi connectivity index (χ3v) is 8.05. The van der Waals surface area contributed by atoms with Crippen molar-refractivity contribution in [2.24, 2.45) is 0 Å². The molecule has 1 aliphatic rings. The van der Waals surface area contributed by atoms with Crippen LogP contribution in [-0.2, 0) is 11.0 Å². The highest BCUT2D eigenvalue weighted by Crippen LogP contribution is 2.33. The highest BCUT2D eigenvalue weighted by molar-refractivity contribution is 6.06. The van der Waals surface area contributed by atoms with Gasteiger partial charge in [-0.3, -0.25) is 9.59 Å². The molecular weight excluding hydrogens is 637 g/mol. The van der Waals surface area contributed by atoms with Gasteiger partial charge in [0.25, 0.3) is 5.91 Å². The van der Waals surface area contributed by atoms with Gasteiger partial charge >= 0.3 is 6.18 Å². The summed E-state index contributed by atoms with van der Waals surface area (Å²) in [6.07, 6.45) is 1.55. The molecule has 2 aromatic carbocycles. The predicted octanol–water partition coefficient (Wildman–Crippen LogP) is 5.64. The molecule has 0 fully saturated rings. The van der Waals surface area contributed by atoms with E-state index >= 15 is 0 Å². The maximum absolute atomic E-state index is 13.9. The van der Waals surface area contributed by atoms with Gasteiger partial charge in [0.1, 0.15) is 17.3 Å². The first kappa shape index (κ1) is 33.1. The van der Waals surface area contributed by atoms with Gasteiger partial charge in [-0.05, 0) is 80.6 Å². The summed E-state index contributed by atoms with van der Waals surface area (Å²) in [6.45, 7) is 4.69. The lowest BCUT2D eigenvalue weighted by atomic mass is 10.0. The number of aromatic nitrogens is 5. The van der Waals surface area contributed by atoms with Crippen molar-refractivity contribution >= 4 is 29.0 Å². The summed E-state index contributed by atoms with van der Waals surface area (Å²) in [4.78, 5) is 36.5. The number of fused-ring (bicyclic) bond motifs is 3. The summed E-state index contributed by atoms with van der Waals surface area (Å²) >= 11 is 0. The zero-order valence-corrected chi connectivity index (χ0v) is 27.1. The Morgan fingerprint density at radius 3 is 2.67 bits per heavy atom. The van der Waals surface area contributed by atoms with E-state index in [2.05, 4.69) is 37.5 Å². The lowest BCUT2D eigenvalue weighted by molar-refractivity contribution is -0.137. The van der Waals surface area contributed by atoms with Crippen LogP contribution >= 0.6 is 0 Å². The number of benzene rings is 2. The van der Waals surface area contributed by atoms with Crippen LogP contribution in [0.25, 0.3) is 11.3 Å². The number of halogens is 3. The van der Waals surface area contributed by atoms with Crippen LogP contribution in [0.5, 0.6) is 5.75 Å². The van der Waals surface area contributed by atoms with Gasteiger partial charge in [-0.15, -0.1) is 5.10 Å². The number of hydrogen-bond donors (Lipinski definition) is 2. The largest absolute Gasteiger partial charge is 0.494 e. The van der Waals surface area contributed by atoms with Gasteiger partial charge in [-0.1, -0.05) is 5.92 Å². The van der Waals surface area contributed by atoms with Gasteiger partial charge in [0.05, 0.1) is 30.4 Å². The summed E-state index contributed by atoms with van der Waals surface area (Å²) < 4.78 is 50.8. The molecule has 0 saturated heterocycles. The minimum Gasteiger partial charge on any atom is -0.494 e. The average molecular weight is 671 g/mol. The van der Waals surface area contributed by atoms with E-state index < -0.39 is 17.6 Å². The number of nitrogens with zero attached hydrogens (tertiary/aromatic N) is 6. The number of imidazole rings is 2. The number of carbonyl (C=O) groups is 2. The third-order valence-electron chi connectivity index (χ3n) is 8.05. The highest BCUT2D eigenvalue weighted by atomic mass is 19.4. The minimum atomic E-state index is -4.65. The van der Waals surface area contributed by atoms with Gasteiger partial charge in [0.2, 0.25) is 5.91 Å². The second-order valence-electron chi connectivity index (χ2n) is 11.7. The number of amides is 2. The van der Waals surface area contributed by atoms with Crippen molar-refractivity contribution in [3.8, 4) is 23.3 Å². The summed E-state index contributed by atoms with van der Waals surface area (Å²) in [5.41, 5.74) is 2.06. The first-order valence-electron chi connectivity index (χ1n) is 15.6. The van der Waals surface area contributed by atoms with E-state index in [9.17, 15) is 22.8 Å². The predicted molar refractivity (Wildman–Crippen MR) is 177 cm³/mol. The molecule has 1 aliphatic heterocycles. The number of rotatable bonds is 3. The molecule has 0 saturated carbocycles. The number of aryl methyl sites for hydroxylation is 1. The molecule has 0 unspecified atom stereocenters. The number of ether oxygens (including phenoxy) is 1. The normalized spacial score (nSPS) is 14.2. The average Bonchev–Trinajstić information content (AvgIpc) is 3.69. The SMILES string of the molecule is Cc1cn(-c2cc(NC(=O)c3cc4cc(c3C)C#Cc3cnc5ccc(nn35)NCCC(=O)N(C)CCCCO4)cc(C(F)(F)F)c2)cn1. The van der Waals surface area contributed by atoms with E-state index in [-0.39, 0.29) is 22.8 Å². The van der Waals surface area contributed by atoms with Crippen molar-refractivity contribution in [2.75, 3.05) is 37.4 Å². The number of anilines is 2. The highest BCUT2D eigenvalue weighted by Gasteiger charge is 2.32. The maximum atomic E-state index is 13.9. The fourth-order valence-electron chi connectivity index (χ4n) is 5.33. The zero-order chi connectivity index (χ0) is 34.7. The first-order valence-corrected chi connectivity index (χ1v) is 15.6. The Bertz CT molecular complexity index is 2110. The van der Waals surface area contributed by atoms with Crippen molar-refractivity contribution in [1.82, 2.24) is 29.0 Å². The standard InChI is InChI=1S/C35H33F3N8O3/c1-22-20-45(21-41-22)28-16-25(35(36,37)38)15-26(17-28)42-34(48)30-18-29-14-24(23(30)2)6-7-27-19-40-32-9-8-31(43-46(27)32)39-11-10-33(47)44(3)12-4-5-13-49-29/h8-9,14-21H,4-5,10-13H2,1-3H3,(H,39,43)(H,42,48). The Kier molecular flexibility index (Phi) is 9.26. The number of hydrogen-bond acceptors (Lipinski definition) is 7. The molecule has 0 aliphatic carbocycles. The van der Waals surface area contributed by atoms with Gasteiger partial charge in [0, 0.05) is 55.3 Å². The minimum absolute atomic E-state index is 0.00605. The van der Waals surface area contributed by atoms with E-state index in [0.717, 1.165) is 12.1 Å². The van der Waals surface area contributed by atoms with Crippen molar-refractivity contribution in [3.05, 3.63) is 94.8 Å². The monoisotopic (exact) mass is 670 g/mol. The first-order chi connectivity index (χ1) is 23.4. The Labute approximate surface area is 280 Å². The molecule has 0 radical (unpaired) electrons. The van der Waals surface area contributed by atoms with Crippen molar-refractivity contribution < 1.29 is 27.5 Å². The Morgan fingerprint density at radius 2 is 1.90 bits per heavy atom. The molecule has 2 amide bonds. The van der Waals surface area contributed by atoms with E-state index in [4.69, 9.17) is 4.74 Å². The number of carbonyl (C=O) groups excluding carboxylic acids is 2. The van der Waals surface area contributed by atoms with Crippen LogP contribution in [0.15, 0.2) is 61.2 Å². The fourth-order valence-corrected chi connectivity index (χ4v) is 5.33. The molecule has 0 atom stereocenters. The third kappa shape index (κ3) is 7.67. The molecule has 3 aromatic heterocycles. The van der Waals surface area contributed by atoms with Crippen LogP contribution in [0.4, 0.5) is 24.7 Å². The summed E-state index contributed by atoms with van der Waals surface area (Å²) in [5.74, 6) is 6.47. The second-order valence-corrected chi connectivity index (χ2v) is 11.7. The quantitative estimate of drug-likeness (QED) is 0.239. The Hall–Kier alpha value is -5.84. The molecular formula is C35H33F3N8O3. The van der Waals surface area contributed by atoms with Gasteiger partial charge < -0.3 is 24.8 Å². The number of alkyl halides is 3. The van der Waals surface area contributed by atoms with E-state index in [1.54, 1.807) is 67.0 Å². The van der Waals surface area contributed by atoms with Gasteiger partial charge in [-0.2, -0.15) is 13.2 Å². The van der Waals surface area contributed by atoms with E-state index in [0.29, 0.717) is 78.7 Å². The van der Waals surface area contributed by atoms with Gasteiger partial charge in [0.15, 0.2) is 5.65 Å². The van der Waals surface area contributed by atoms with Crippen LogP contribution < -0.4 is 15.4 Å². The topological polar surface area (TPSA) is 119 Å². The van der Waals surface area contributed by atoms with Crippen LogP contribution in [0.2, 0.25) is 0 Å². The fraction of sp³-hybridized carbons (Fsp3) is 0.286. The Balaban J connectivity index is 1.37. The lowest BCUT2D eigenvalue weighted by Gasteiger charge is -2.18. The molecule has 49 heavy (non-hydrogen) atoms. The van der Waals surface area contributed by atoms with E-state index in [1.807, 2.05) is 0 Å². The van der Waals surface area contributed by atoms with Crippen LogP contribution in [0, 0.1) is 25.7 Å². The van der Waals surface area contributed by atoms with Crippen LogP contribution in [0.3, 0.4) is 0 Å². The van der Waals surface area contributed by atoms with Crippen LogP contribution in [-0.4, -0.2) is 67.6 Å². The molecule has 4 heterocycles. The van der Waals surface area contributed by atoms with E-state index in [1.165, 1.54) is 17.0 Å². The smallest absolute Gasteiger partial charge is 0.416 e. The van der Waals surface area contributed by atoms with Crippen molar-refractivity contribution in [1.29, 1.82) is 0 Å². The maximum Gasteiger partial charge on any atom is 0.416 e. The molecule has 14 heteroatoms. The molecule has 4 bridgehead atoms. The van der Waals surface area contributed by atoms with Crippen LogP contribution in [0.1, 0.15) is 57.7 Å². The number of nitrogens with one attached hydrogen (secondary N) is 2. The molecule has 0 spiro atoms. The summed E-state index contributed by atoms with van der Waals surface area (Å²) in [6, 6.07) is 10.2. The second kappa shape index (κ2) is 13.7. The van der Waals surface area contributed by atoms with Crippen molar-refractivity contribution in [2.45, 2.75) is 39.3 Å². The Morgan fingerprint density at radius 1 is 1.06 bits per heavy atom. The van der Waals surface area contributed by atoms with Gasteiger partial charge in [-0.25, -0.2) is 14.5 Å². The zero-order valence-electron chi connectivity index (χ0n) is 27.1. The molecule has 6 rings (SSSR count). The molecule has 11 nitrogen and oxygen atoms in total. The summed E-state index contributed by atoms with van der Waals surface area (Å²) in [7, 11) is 1.76. The molecule has 252 valence electrons.